The van der Waals surface area contributed by atoms with Gasteiger partial charge in [0.2, 0.25) is 0 Å². The molecule has 10 heteroatoms. The fourth-order valence-corrected chi connectivity index (χ4v) is 4.74. The number of fused-ring (bicyclic) bond motifs is 2. The molecule has 40 heavy (non-hydrogen) atoms. The first-order valence-electron chi connectivity index (χ1n) is 13.2. The lowest BCUT2D eigenvalue weighted by Crippen LogP contribution is -2.10. The molecule has 0 amide bonds. The molecule has 2 aromatic carbocycles. The number of hydrogen-bond donors (Lipinski definition) is 2. The standard InChI is InChI=1S/C28H30N2O3.C2H6O4S/c1-6-29-23-15-25-21(13-17(23)4)27(19-11-9-10-12-20(19)28(31)32-8-3)22-14-18(5)24(30-7-2)16-26(22)33-25;1-2-6-7(3,4)5/h9-16,29H,6-8H2,1-5H3;2H2,1H3,(H,3,4,5). The van der Waals surface area contributed by atoms with Crippen molar-refractivity contribution in [2.24, 2.45) is 4.99 Å². The van der Waals surface area contributed by atoms with Gasteiger partial charge in [0.15, 0.2) is 0 Å². The Morgan fingerprint density at radius 2 is 1.70 bits per heavy atom. The molecule has 2 N–H and O–H groups in total. The van der Waals surface area contributed by atoms with Gasteiger partial charge in [-0.2, -0.15) is 8.42 Å². The van der Waals surface area contributed by atoms with Crippen LogP contribution in [0.4, 0.5) is 5.69 Å². The molecule has 0 fully saturated rings. The molecule has 214 valence electrons. The number of benzene rings is 3. The van der Waals surface area contributed by atoms with Gasteiger partial charge in [0, 0.05) is 47.4 Å². The van der Waals surface area contributed by atoms with E-state index in [-0.39, 0.29) is 12.6 Å². The van der Waals surface area contributed by atoms with Crippen molar-refractivity contribution in [2.75, 3.05) is 31.6 Å². The maximum Gasteiger partial charge on any atom is 0.397 e. The van der Waals surface area contributed by atoms with E-state index < -0.39 is 10.4 Å². The highest BCUT2D eigenvalue weighted by Crippen LogP contribution is 2.43. The van der Waals surface area contributed by atoms with Crippen LogP contribution in [0, 0.1) is 13.8 Å². The van der Waals surface area contributed by atoms with Gasteiger partial charge in [-0.15, -0.1) is 0 Å². The summed E-state index contributed by atoms with van der Waals surface area (Å²) in [5.74, 6) is 0.408. The summed E-state index contributed by atoms with van der Waals surface area (Å²) in [7, 11) is -4.17. The van der Waals surface area contributed by atoms with Gasteiger partial charge in [0.1, 0.15) is 11.3 Å². The number of nitrogens with one attached hydrogen (secondary N) is 1. The smallest absolute Gasteiger partial charge is 0.397 e. The van der Waals surface area contributed by atoms with E-state index in [0.717, 1.165) is 62.1 Å². The molecule has 0 bridgehead atoms. The van der Waals surface area contributed by atoms with Crippen LogP contribution in [0.5, 0.6) is 0 Å². The molecule has 0 saturated heterocycles. The number of ether oxygens (including phenoxy) is 1. The zero-order valence-corrected chi connectivity index (χ0v) is 24.5. The molecule has 9 nitrogen and oxygen atoms in total. The molecule has 0 saturated carbocycles. The predicted molar refractivity (Wildman–Crippen MR) is 157 cm³/mol. The maximum atomic E-state index is 12.9. The lowest BCUT2D eigenvalue weighted by Gasteiger charge is -2.19. The van der Waals surface area contributed by atoms with Crippen LogP contribution in [0.25, 0.3) is 33.4 Å². The van der Waals surface area contributed by atoms with Crippen molar-refractivity contribution in [3.05, 3.63) is 70.6 Å². The van der Waals surface area contributed by atoms with Crippen molar-refractivity contribution in [3.63, 3.8) is 0 Å². The van der Waals surface area contributed by atoms with Crippen LogP contribution in [0.2, 0.25) is 0 Å². The average molecular weight is 569 g/mol. The molecular formula is C30H36N2O7S. The minimum absolute atomic E-state index is 0.0289. The fourth-order valence-electron chi connectivity index (χ4n) is 4.44. The third kappa shape index (κ3) is 7.26. The SMILES string of the molecule is CCN=c1cc2oc3cc(NCC)c(C)cc3c(-c3ccccc3C(=O)OCC)c-2cc1C.CCOS(=O)(=O)O. The lowest BCUT2D eigenvalue weighted by molar-refractivity contribution is 0.0527. The minimum atomic E-state index is -4.17. The summed E-state index contributed by atoms with van der Waals surface area (Å²) in [6, 6.07) is 15.9. The molecule has 0 radical (unpaired) electrons. The molecular weight excluding hydrogens is 532 g/mol. The number of carbonyl (C=O) groups is 1. The van der Waals surface area contributed by atoms with Gasteiger partial charge < -0.3 is 14.5 Å². The summed E-state index contributed by atoms with van der Waals surface area (Å²) in [6.07, 6.45) is 0. The number of hydrogen-bond acceptors (Lipinski definition) is 8. The minimum Gasteiger partial charge on any atom is -0.462 e. The van der Waals surface area contributed by atoms with Crippen LogP contribution in [-0.4, -0.2) is 45.2 Å². The van der Waals surface area contributed by atoms with E-state index in [4.69, 9.17) is 13.7 Å². The quantitative estimate of drug-likeness (QED) is 0.147. The Hall–Kier alpha value is -3.73. The number of aryl methyl sites for hydroxylation is 2. The van der Waals surface area contributed by atoms with Crippen molar-refractivity contribution >= 4 is 33.0 Å². The van der Waals surface area contributed by atoms with Gasteiger partial charge in [-0.1, -0.05) is 18.2 Å². The lowest BCUT2D eigenvalue weighted by atomic mass is 9.89. The summed E-state index contributed by atoms with van der Waals surface area (Å²) < 4.78 is 42.5. The molecule has 0 unspecified atom stereocenters. The number of esters is 1. The van der Waals surface area contributed by atoms with E-state index >= 15 is 0 Å². The topological polar surface area (TPSA) is 127 Å². The second-order valence-electron chi connectivity index (χ2n) is 8.88. The largest absolute Gasteiger partial charge is 0.462 e. The van der Waals surface area contributed by atoms with Crippen molar-refractivity contribution in [3.8, 4) is 22.5 Å². The van der Waals surface area contributed by atoms with Crippen molar-refractivity contribution in [2.45, 2.75) is 41.5 Å². The Balaban J connectivity index is 0.000000559. The summed E-state index contributed by atoms with van der Waals surface area (Å²) in [6.45, 7) is 13.3. The molecule has 1 aliphatic carbocycles. The first kappa shape index (κ1) is 30.8. The van der Waals surface area contributed by atoms with Crippen LogP contribution >= 0.6 is 0 Å². The maximum absolute atomic E-state index is 12.9. The monoisotopic (exact) mass is 568 g/mol. The first-order chi connectivity index (χ1) is 19.0. The zero-order chi connectivity index (χ0) is 29.4. The van der Waals surface area contributed by atoms with E-state index in [9.17, 15) is 13.2 Å². The summed E-state index contributed by atoms with van der Waals surface area (Å²) in [5, 5.41) is 5.28. The molecule has 2 aromatic rings. The normalized spacial score (nSPS) is 11.8. The third-order valence-electron chi connectivity index (χ3n) is 6.04. The van der Waals surface area contributed by atoms with Crippen LogP contribution < -0.4 is 10.7 Å². The van der Waals surface area contributed by atoms with Crippen LogP contribution in [-0.2, 0) is 19.3 Å². The average Bonchev–Trinajstić information content (AvgIpc) is 2.89. The van der Waals surface area contributed by atoms with Gasteiger partial charge >= 0.3 is 16.4 Å². The van der Waals surface area contributed by atoms with E-state index in [2.05, 4.69) is 47.4 Å². The van der Waals surface area contributed by atoms with Crippen molar-refractivity contribution in [1.82, 2.24) is 0 Å². The van der Waals surface area contributed by atoms with Gasteiger partial charge in [-0.25, -0.2) is 8.98 Å². The number of carbonyl (C=O) groups excluding carboxylic acids is 1. The Bertz CT molecular complexity index is 1640. The van der Waals surface area contributed by atoms with Gasteiger partial charge in [-0.3, -0.25) is 9.55 Å². The molecule has 2 aliphatic rings. The second-order valence-corrected chi connectivity index (χ2v) is 9.97. The van der Waals surface area contributed by atoms with E-state index in [0.29, 0.717) is 18.7 Å². The molecule has 0 spiro atoms. The summed E-state index contributed by atoms with van der Waals surface area (Å²) in [5.41, 5.74) is 7.25. The van der Waals surface area contributed by atoms with E-state index in [1.165, 1.54) is 6.92 Å². The Morgan fingerprint density at radius 1 is 0.975 bits per heavy atom. The predicted octanol–water partition coefficient (Wildman–Crippen LogP) is 6.18. The van der Waals surface area contributed by atoms with Crippen LogP contribution in [0.1, 0.15) is 49.2 Å². The van der Waals surface area contributed by atoms with Crippen LogP contribution in [0.15, 0.2) is 57.9 Å². The second kappa shape index (κ2) is 13.6. The van der Waals surface area contributed by atoms with Crippen molar-refractivity contribution in [1.29, 1.82) is 0 Å². The van der Waals surface area contributed by atoms with Crippen molar-refractivity contribution < 1.29 is 31.1 Å². The number of rotatable bonds is 8. The highest BCUT2D eigenvalue weighted by molar-refractivity contribution is 7.80. The van der Waals surface area contributed by atoms with Gasteiger partial charge in [-0.05, 0) is 76.4 Å². The molecule has 1 aliphatic heterocycles. The highest BCUT2D eigenvalue weighted by atomic mass is 32.3. The Morgan fingerprint density at radius 3 is 2.30 bits per heavy atom. The molecule has 0 atom stereocenters. The number of nitrogens with zero attached hydrogens (tertiary/aromatic N) is 1. The summed E-state index contributed by atoms with van der Waals surface area (Å²) in [4.78, 5) is 17.5. The Kier molecular flexibility index (Phi) is 10.4. The van der Waals surface area contributed by atoms with Gasteiger partial charge in [0.25, 0.3) is 0 Å². The highest BCUT2D eigenvalue weighted by Gasteiger charge is 2.23. The van der Waals surface area contributed by atoms with Gasteiger partial charge in [0.05, 0.1) is 24.1 Å². The molecule has 0 aromatic heterocycles. The third-order valence-corrected chi connectivity index (χ3v) is 6.57. The molecule has 4 rings (SSSR count). The molecule has 1 heterocycles. The Labute approximate surface area is 235 Å². The fraction of sp³-hybridized carbons (Fsp3) is 0.333. The summed E-state index contributed by atoms with van der Waals surface area (Å²) >= 11 is 0. The number of anilines is 1. The van der Waals surface area contributed by atoms with E-state index in [1.54, 1.807) is 0 Å². The van der Waals surface area contributed by atoms with E-state index in [1.807, 2.05) is 50.2 Å². The first-order valence-corrected chi connectivity index (χ1v) is 14.6. The van der Waals surface area contributed by atoms with Crippen LogP contribution in [0.3, 0.4) is 0 Å². The zero-order valence-electron chi connectivity index (χ0n) is 23.7.